The fraction of sp³-hybridized carbons (Fsp3) is 0.474. The van der Waals surface area contributed by atoms with Crippen molar-refractivity contribution in [3.05, 3.63) is 51.8 Å². The van der Waals surface area contributed by atoms with Crippen LogP contribution in [0.4, 0.5) is 0 Å². The minimum atomic E-state index is 0.604. The second-order valence-corrected chi connectivity index (χ2v) is 7.17. The van der Waals surface area contributed by atoms with E-state index in [2.05, 4.69) is 25.9 Å². The molecule has 0 spiro atoms. The molecule has 0 saturated heterocycles. The lowest BCUT2D eigenvalue weighted by Crippen LogP contribution is -2.31. The Morgan fingerprint density at radius 2 is 2.08 bits per heavy atom. The highest BCUT2D eigenvalue weighted by Crippen LogP contribution is 2.22. The predicted molar refractivity (Wildman–Crippen MR) is 99.1 cm³/mol. The zero-order chi connectivity index (χ0) is 17.2. The average molecular weight is 356 g/mol. The SMILES string of the molecule is Cc1ccc(CN2CCc3nc(C4=NCCCC4)ncc3C2)c(Cl)n1. The van der Waals surface area contributed by atoms with Gasteiger partial charge in [-0.05, 0) is 32.3 Å². The highest BCUT2D eigenvalue weighted by atomic mass is 35.5. The molecule has 0 aliphatic carbocycles. The van der Waals surface area contributed by atoms with Gasteiger partial charge in [0, 0.05) is 55.6 Å². The first-order valence-electron chi connectivity index (χ1n) is 8.92. The van der Waals surface area contributed by atoms with Crippen molar-refractivity contribution in [1.29, 1.82) is 0 Å². The van der Waals surface area contributed by atoms with Gasteiger partial charge in [0.25, 0.3) is 0 Å². The van der Waals surface area contributed by atoms with E-state index in [1.165, 1.54) is 24.1 Å². The van der Waals surface area contributed by atoms with E-state index in [4.69, 9.17) is 16.6 Å². The van der Waals surface area contributed by atoms with Gasteiger partial charge in [0.15, 0.2) is 5.82 Å². The molecule has 0 amide bonds. The van der Waals surface area contributed by atoms with Gasteiger partial charge < -0.3 is 0 Å². The van der Waals surface area contributed by atoms with E-state index >= 15 is 0 Å². The fourth-order valence-electron chi connectivity index (χ4n) is 3.44. The van der Waals surface area contributed by atoms with Crippen LogP contribution >= 0.6 is 11.6 Å². The van der Waals surface area contributed by atoms with Crippen LogP contribution in [0.1, 0.15) is 47.6 Å². The molecule has 2 aliphatic rings. The Balaban J connectivity index is 1.49. The molecule has 2 aliphatic heterocycles. The molecule has 4 rings (SSSR count). The summed E-state index contributed by atoms with van der Waals surface area (Å²) >= 11 is 6.28. The first kappa shape index (κ1) is 16.6. The zero-order valence-corrected chi connectivity index (χ0v) is 15.3. The van der Waals surface area contributed by atoms with Crippen LogP contribution in [0.15, 0.2) is 23.3 Å². The summed E-state index contributed by atoms with van der Waals surface area (Å²) in [5.74, 6) is 0.831. The van der Waals surface area contributed by atoms with E-state index in [9.17, 15) is 0 Å². The number of halogens is 1. The van der Waals surface area contributed by atoms with Crippen molar-refractivity contribution in [2.75, 3.05) is 13.1 Å². The number of aryl methyl sites for hydroxylation is 1. The Hall–Kier alpha value is -1.85. The zero-order valence-electron chi connectivity index (χ0n) is 14.5. The van der Waals surface area contributed by atoms with Crippen LogP contribution in [0.5, 0.6) is 0 Å². The molecule has 0 saturated carbocycles. The quantitative estimate of drug-likeness (QED) is 0.792. The van der Waals surface area contributed by atoms with E-state index < -0.39 is 0 Å². The lowest BCUT2D eigenvalue weighted by atomic mass is 10.0. The van der Waals surface area contributed by atoms with Crippen LogP contribution in [-0.2, 0) is 19.5 Å². The first-order chi connectivity index (χ1) is 12.2. The summed E-state index contributed by atoms with van der Waals surface area (Å²) in [5.41, 5.74) is 5.48. The molecule has 0 radical (unpaired) electrons. The minimum Gasteiger partial charge on any atom is -0.294 e. The van der Waals surface area contributed by atoms with Gasteiger partial charge in [0.2, 0.25) is 0 Å². The van der Waals surface area contributed by atoms with E-state index in [1.54, 1.807) is 0 Å². The van der Waals surface area contributed by atoms with Crippen LogP contribution in [0, 0.1) is 6.92 Å². The number of nitrogens with zero attached hydrogens (tertiary/aromatic N) is 5. The molecule has 2 aromatic rings. The molecule has 5 nitrogen and oxygen atoms in total. The summed E-state index contributed by atoms with van der Waals surface area (Å²) in [6, 6.07) is 4.08. The molecule has 25 heavy (non-hydrogen) atoms. The van der Waals surface area contributed by atoms with Crippen molar-refractivity contribution < 1.29 is 0 Å². The molecule has 6 heteroatoms. The van der Waals surface area contributed by atoms with Crippen LogP contribution in [0.2, 0.25) is 5.15 Å². The summed E-state index contributed by atoms with van der Waals surface area (Å²) in [6.07, 6.45) is 6.30. The smallest absolute Gasteiger partial charge is 0.173 e. The normalized spacial score (nSPS) is 17.9. The van der Waals surface area contributed by atoms with Crippen LogP contribution in [0.25, 0.3) is 0 Å². The Bertz CT molecular complexity index is 817. The topological polar surface area (TPSA) is 54.3 Å². The summed E-state index contributed by atoms with van der Waals surface area (Å²) in [5, 5.41) is 0.604. The second kappa shape index (κ2) is 7.18. The molecule has 0 atom stereocenters. The Labute approximate surface area is 153 Å². The summed E-state index contributed by atoms with van der Waals surface area (Å²) in [4.78, 5) is 20.7. The number of fused-ring (bicyclic) bond motifs is 1. The fourth-order valence-corrected chi connectivity index (χ4v) is 3.70. The van der Waals surface area contributed by atoms with E-state index in [1.807, 2.05) is 19.2 Å². The number of aromatic nitrogens is 3. The van der Waals surface area contributed by atoms with Gasteiger partial charge in [-0.3, -0.25) is 9.89 Å². The molecule has 0 N–H and O–H groups in total. The van der Waals surface area contributed by atoms with Gasteiger partial charge in [-0.25, -0.2) is 15.0 Å². The molecular weight excluding hydrogens is 334 g/mol. The first-order valence-corrected chi connectivity index (χ1v) is 9.30. The maximum absolute atomic E-state index is 6.28. The highest BCUT2D eigenvalue weighted by molar-refractivity contribution is 6.30. The lowest BCUT2D eigenvalue weighted by molar-refractivity contribution is 0.242. The molecular formula is C19H22ClN5. The molecule has 4 heterocycles. The van der Waals surface area contributed by atoms with Crippen molar-refractivity contribution in [3.8, 4) is 0 Å². The van der Waals surface area contributed by atoms with Crippen molar-refractivity contribution in [2.45, 2.75) is 45.7 Å². The summed E-state index contributed by atoms with van der Waals surface area (Å²) in [7, 11) is 0. The van der Waals surface area contributed by atoms with Crippen molar-refractivity contribution in [1.82, 2.24) is 19.9 Å². The van der Waals surface area contributed by atoms with Gasteiger partial charge in [0.05, 0.1) is 11.4 Å². The maximum Gasteiger partial charge on any atom is 0.173 e. The molecule has 0 fully saturated rings. The second-order valence-electron chi connectivity index (χ2n) is 6.81. The van der Waals surface area contributed by atoms with Gasteiger partial charge in [-0.1, -0.05) is 17.7 Å². The lowest BCUT2D eigenvalue weighted by Gasteiger charge is -2.28. The molecule has 130 valence electrons. The van der Waals surface area contributed by atoms with Crippen LogP contribution < -0.4 is 0 Å². The number of rotatable bonds is 3. The van der Waals surface area contributed by atoms with E-state index in [-0.39, 0.29) is 0 Å². The monoisotopic (exact) mass is 355 g/mol. The third-order valence-corrected chi connectivity index (χ3v) is 5.18. The summed E-state index contributed by atoms with van der Waals surface area (Å²) < 4.78 is 0. The predicted octanol–water partition coefficient (Wildman–Crippen LogP) is 3.36. The van der Waals surface area contributed by atoms with Crippen molar-refractivity contribution in [2.24, 2.45) is 4.99 Å². The van der Waals surface area contributed by atoms with Gasteiger partial charge in [-0.15, -0.1) is 0 Å². The molecule has 0 bridgehead atoms. The molecule has 0 unspecified atom stereocenters. The number of pyridine rings is 1. The Morgan fingerprint density at radius 3 is 2.88 bits per heavy atom. The third-order valence-electron chi connectivity index (χ3n) is 4.85. The summed E-state index contributed by atoms with van der Waals surface area (Å²) in [6.45, 7) is 5.50. The Morgan fingerprint density at radius 1 is 1.16 bits per heavy atom. The van der Waals surface area contributed by atoms with E-state index in [0.29, 0.717) is 5.15 Å². The number of aliphatic imine (C=N–C) groups is 1. The number of hydrogen-bond acceptors (Lipinski definition) is 5. The van der Waals surface area contributed by atoms with Gasteiger partial charge in [0.1, 0.15) is 5.15 Å². The van der Waals surface area contributed by atoms with Crippen LogP contribution in [0.3, 0.4) is 0 Å². The molecule has 0 aromatic carbocycles. The van der Waals surface area contributed by atoms with Gasteiger partial charge >= 0.3 is 0 Å². The third kappa shape index (κ3) is 3.72. The highest BCUT2D eigenvalue weighted by Gasteiger charge is 2.21. The standard InChI is InChI=1S/C19H22ClN5/c1-13-5-6-14(18(20)23-13)11-25-9-7-16-15(12-25)10-22-19(24-16)17-4-2-3-8-21-17/h5-6,10H,2-4,7-9,11-12H2,1H3. The minimum absolute atomic E-state index is 0.604. The number of hydrogen-bond donors (Lipinski definition) is 0. The largest absolute Gasteiger partial charge is 0.294 e. The van der Waals surface area contributed by atoms with Crippen molar-refractivity contribution >= 4 is 17.3 Å². The average Bonchev–Trinajstić information content (AvgIpc) is 2.64. The van der Waals surface area contributed by atoms with E-state index in [0.717, 1.165) is 61.8 Å². The van der Waals surface area contributed by atoms with Crippen molar-refractivity contribution in [3.63, 3.8) is 0 Å². The van der Waals surface area contributed by atoms with Gasteiger partial charge in [-0.2, -0.15) is 0 Å². The molecule has 2 aromatic heterocycles. The Kier molecular flexibility index (Phi) is 4.77. The maximum atomic E-state index is 6.28. The van der Waals surface area contributed by atoms with Crippen LogP contribution in [-0.4, -0.2) is 38.7 Å².